The van der Waals surface area contributed by atoms with Gasteiger partial charge in [-0.05, 0) is 108 Å². The molecule has 0 radical (unpaired) electrons. The molecule has 0 saturated heterocycles. The first-order chi connectivity index (χ1) is 22.7. The summed E-state index contributed by atoms with van der Waals surface area (Å²) in [6, 6.07) is 23.9. The van der Waals surface area contributed by atoms with Gasteiger partial charge in [-0.3, -0.25) is 9.59 Å². The maximum absolute atomic E-state index is 12.8. The van der Waals surface area contributed by atoms with Crippen molar-refractivity contribution >= 4 is 73.4 Å². The van der Waals surface area contributed by atoms with Crippen molar-refractivity contribution in [1.29, 1.82) is 0 Å². The Morgan fingerprint density at radius 2 is 1.77 bits per heavy atom. The van der Waals surface area contributed by atoms with Crippen molar-refractivity contribution in [3.8, 4) is 22.8 Å². The number of hydrogen-bond donors (Lipinski definition) is 3. The van der Waals surface area contributed by atoms with Gasteiger partial charge in [-0.1, -0.05) is 35.9 Å². The fourth-order valence-electron chi connectivity index (χ4n) is 4.40. The predicted octanol–water partition coefficient (Wildman–Crippen LogP) is 8.77. The minimum absolute atomic E-state index is 0.210. The van der Waals surface area contributed by atoms with Gasteiger partial charge < -0.3 is 20.1 Å². The van der Waals surface area contributed by atoms with Crippen molar-refractivity contribution in [2.75, 3.05) is 23.8 Å². The van der Waals surface area contributed by atoms with Crippen LogP contribution in [0.3, 0.4) is 0 Å². The number of carbonyl (C=O) groups is 2. The first kappa shape index (κ1) is 33.6. The van der Waals surface area contributed by atoms with Crippen LogP contribution in [0, 0.1) is 13.8 Å². The van der Waals surface area contributed by atoms with Crippen LogP contribution in [0.1, 0.15) is 34.0 Å². The topological polar surface area (TPSA) is 114 Å². The van der Waals surface area contributed by atoms with Gasteiger partial charge in [-0.15, -0.1) is 11.3 Å². The van der Waals surface area contributed by atoms with E-state index in [0.717, 1.165) is 38.9 Å². The predicted molar refractivity (Wildman–Crippen MR) is 193 cm³/mol. The second-order valence-corrected chi connectivity index (χ2v) is 12.5. The third kappa shape index (κ3) is 9.19. The summed E-state index contributed by atoms with van der Waals surface area (Å²) < 4.78 is 12.2. The fraction of sp³-hybridized carbons (Fsp3) is 0.143. The Morgan fingerprint density at radius 3 is 2.51 bits per heavy atom. The monoisotopic (exact) mass is 731 g/mol. The number of nitrogens with one attached hydrogen (secondary N) is 3. The normalized spacial score (nSPS) is 10.9. The molecule has 240 valence electrons. The zero-order chi connectivity index (χ0) is 33.3. The quantitative estimate of drug-likeness (QED) is 0.0874. The lowest BCUT2D eigenvalue weighted by Gasteiger charge is -2.15. The average molecular weight is 733 g/mol. The molecule has 0 bridgehead atoms. The molecule has 0 unspecified atom stereocenters. The van der Waals surface area contributed by atoms with Gasteiger partial charge in [0.05, 0.1) is 23.0 Å². The van der Waals surface area contributed by atoms with E-state index in [1.54, 1.807) is 24.3 Å². The summed E-state index contributed by atoms with van der Waals surface area (Å²) >= 11 is 11.0. The van der Waals surface area contributed by atoms with Crippen LogP contribution in [-0.4, -0.2) is 36.2 Å². The number of rotatable bonds is 12. The van der Waals surface area contributed by atoms with Crippen molar-refractivity contribution in [3.05, 3.63) is 116 Å². The van der Waals surface area contributed by atoms with E-state index in [4.69, 9.17) is 21.1 Å². The van der Waals surface area contributed by atoms with Crippen LogP contribution >= 0.6 is 38.9 Å². The lowest BCUT2D eigenvalue weighted by Crippen LogP contribution is -2.21. The summed E-state index contributed by atoms with van der Waals surface area (Å²) in [7, 11) is 0. The van der Waals surface area contributed by atoms with Gasteiger partial charge >= 0.3 is 0 Å². The second-order valence-electron chi connectivity index (χ2n) is 10.4. The van der Waals surface area contributed by atoms with Gasteiger partial charge in [0.2, 0.25) is 0 Å². The van der Waals surface area contributed by atoms with E-state index in [1.807, 2.05) is 80.7 Å². The third-order valence-electron chi connectivity index (χ3n) is 6.77. The number of anilines is 3. The van der Waals surface area contributed by atoms with Crippen LogP contribution in [0.4, 0.5) is 16.5 Å². The molecule has 5 rings (SSSR count). The lowest BCUT2D eigenvalue weighted by atomic mass is 10.1. The Bertz CT molecular complexity index is 1910. The largest absolute Gasteiger partial charge is 0.490 e. The maximum Gasteiger partial charge on any atom is 0.271 e. The second kappa shape index (κ2) is 15.7. The SMILES string of the molecule is CCOc1cc(/C=N\NC(=O)c2ccc(-c3csc(Nc4ccc(Cl)cc4)n3)cc2)cc(Br)c1OCC(=O)Nc1cc(C)ccc1C. The van der Waals surface area contributed by atoms with Crippen LogP contribution in [0.15, 0.2) is 93.8 Å². The molecule has 0 atom stereocenters. The number of halogens is 2. The van der Waals surface area contributed by atoms with Crippen LogP contribution < -0.4 is 25.5 Å². The Morgan fingerprint density at radius 1 is 1.00 bits per heavy atom. The number of aryl methyl sites for hydroxylation is 2. The minimum Gasteiger partial charge on any atom is -0.490 e. The molecule has 47 heavy (non-hydrogen) atoms. The zero-order valence-corrected chi connectivity index (χ0v) is 28.9. The molecule has 0 fully saturated rings. The number of amides is 2. The van der Waals surface area contributed by atoms with E-state index in [-0.39, 0.29) is 18.4 Å². The van der Waals surface area contributed by atoms with Crippen molar-refractivity contribution < 1.29 is 19.1 Å². The van der Waals surface area contributed by atoms with Crippen molar-refractivity contribution in [2.24, 2.45) is 5.10 Å². The first-order valence-corrected chi connectivity index (χ1v) is 16.6. The van der Waals surface area contributed by atoms with Crippen LogP contribution in [0.2, 0.25) is 5.02 Å². The molecule has 0 aliphatic heterocycles. The van der Waals surface area contributed by atoms with Gasteiger partial charge in [0.25, 0.3) is 11.8 Å². The molecule has 0 aliphatic carbocycles. The number of hydrogen-bond acceptors (Lipinski definition) is 8. The molecule has 4 aromatic carbocycles. The standard InChI is InChI=1S/C35H31BrClN5O4S/c1-4-45-31-17-23(16-28(36)33(31)46-19-32(43)40-29-15-21(2)5-6-22(29)3)18-38-42-34(44)25-9-7-24(8-10-25)30-20-47-35(41-30)39-27-13-11-26(37)12-14-27/h5-18,20H,4,19H2,1-3H3,(H,39,41)(H,40,43)(H,42,44)/b38-18-. The van der Waals surface area contributed by atoms with E-state index in [2.05, 4.69) is 42.1 Å². The Labute approximate surface area is 290 Å². The molecule has 12 heteroatoms. The number of benzene rings is 4. The van der Waals surface area contributed by atoms with E-state index < -0.39 is 0 Å². The third-order valence-corrected chi connectivity index (χ3v) is 8.37. The molecule has 2 amide bonds. The molecule has 5 aromatic rings. The summed E-state index contributed by atoms with van der Waals surface area (Å²) in [5, 5.41) is 13.6. The summed E-state index contributed by atoms with van der Waals surface area (Å²) in [4.78, 5) is 30.0. The van der Waals surface area contributed by atoms with Gasteiger partial charge in [-0.25, -0.2) is 10.4 Å². The number of carbonyl (C=O) groups excluding carboxylic acids is 2. The molecular formula is C35H31BrClN5O4S. The van der Waals surface area contributed by atoms with Crippen LogP contribution in [0.25, 0.3) is 11.3 Å². The van der Waals surface area contributed by atoms with Crippen LogP contribution in [-0.2, 0) is 4.79 Å². The highest BCUT2D eigenvalue weighted by atomic mass is 79.9. The Kier molecular flexibility index (Phi) is 11.3. The molecule has 1 aromatic heterocycles. The smallest absolute Gasteiger partial charge is 0.271 e. The highest BCUT2D eigenvalue weighted by Crippen LogP contribution is 2.37. The molecule has 0 spiro atoms. The average Bonchev–Trinajstić information content (AvgIpc) is 3.52. The van der Waals surface area contributed by atoms with Crippen LogP contribution in [0.5, 0.6) is 11.5 Å². The molecule has 1 heterocycles. The number of thiazole rings is 1. The summed E-state index contributed by atoms with van der Waals surface area (Å²) in [5.41, 5.74) is 8.96. The van der Waals surface area contributed by atoms with E-state index in [9.17, 15) is 9.59 Å². The number of nitrogens with zero attached hydrogens (tertiary/aromatic N) is 2. The van der Waals surface area contributed by atoms with Gasteiger partial charge in [0, 0.05) is 32.9 Å². The summed E-state index contributed by atoms with van der Waals surface area (Å²) in [5.74, 6) is 0.155. The van der Waals surface area contributed by atoms with Gasteiger partial charge in [0.1, 0.15) is 0 Å². The highest BCUT2D eigenvalue weighted by molar-refractivity contribution is 9.10. The Balaban J connectivity index is 1.17. The van der Waals surface area contributed by atoms with Crippen molar-refractivity contribution in [1.82, 2.24) is 10.4 Å². The highest BCUT2D eigenvalue weighted by Gasteiger charge is 2.15. The minimum atomic E-state index is -0.366. The van der Waals surface area contributed by atoms with Crippen molar-refractivity contribution in [2.45, 2.75) is 20.8 Å². The van der Waals surface area contributed by atoms with E-state index >= 15 is 0 Å². The molecule has 3 N–H and O–H groups in total. The Hall–Kier alpha value is -4.71. The molecule has 0 saturated carbocycles. The van der Waals surface area contributed by atoms with Gasteiger partial charge in [0.15, 0.2) is 23.2 Å². The summed E-state index contributed by atoms with van der Waals surface area (Å²) in [6.45, 7) is 5.92. The maximum atomic E-state index is 12.8. The number of hydrazone groups is 1. The van der Waals surface area contributed by atoms with Crippen molar-refractivity contribution in [3.63, 3.8) is 0 Å². The zero-order valence-electron chi connectivity index (χ0n) is 25.8. The number of ether oxygens (including phenoxy) is 2. The molecular weight excluding hydrogens is 702 g/mol. The lowest BCUT2D eigenvalue weighted by molar-refractivity contribution is -0.118. The molecule has 9 nitrogen and oxygen atoms in total. The fourth-order valence-corrected chi connectivity index (χ4v) is 5.84. The molecule has 0 aliphatic rings. The first-order valence-electron chi connectivity index (χ1n) is 14.6. The van der Waals surface area contributed by atoms with E-state index in [0.29, 0.717) is 38.7 Å². The number of aromatic nitrogens is 1. The van der Waals surface area contributed by atoms with Gasteiger partial charge in [-0.2, -0.15) is 5.10 Å². The van der Waals surface area contributed by atoms with E-state index in [1.165, 1.54) is 17.6 Å². The summed E-state index contributed by atoms with van der Waals surface area (Å²) in [6.07, 6.45) is 1.50.